The summed E-state index contributed by atoms with van der Waals surface area (Å²) in [5.41, 5.74) is 4.04. The molecule has 1 N–H and O–H groups in total. The number of ether oxygens (including phenoxy) is 2. The van der Waals surface area contributed by atoms with Crippen LogP contribution in [0.25, 0.3) is 22.2 Å². The lowest BCUT2D eigenvalue weighted by Crippen LogP contribution is -2.53. The van der Waals surface area contributed by atoms with Crippen LogP contribution in [0.4, 0.5) is 0 Å². The van der Waals surface area contributed by atoms with Gasteiger partial charge in [-0.15, -0.1) is 0 Å². The minimum atomic E-state index is -3.73. The number of aryl methyl sites for hydroxylation is 2. The van der Waals surface area contributed by atoms with Crippen LogP contribution in [0.15, 0.2) is 53.4 Å². The molecule has 9 nitrogen and oxygen atoms in total. The van der Waals surface area contributed by atoms with E-state index in [1.165, 1.54) is 0 Å². The van der Waals surface area contributed by atoms with Gasteiger partial charge < -0.3 is 18.9 Å². The fourth-order valence-corrected chi connectivity index (χ4v) is 7.76. The van der Waals surface area contributed by atoms with Gasteiger partial charge in [-0.25, -0.2) is 13.1 Å². The smallest absolute Gasteiger partial charge is 0.293 e. The highest BCUT2D eigenvalue weighted by Crippen LogP contribution is 2.32. The Morgan fingerprint density at radius 2 is 1.84 bits per heavy atom. The fourth-order valence-electron chi connectivity index (χ4n) is 6.43. The molecule has 2 fully saturated rings. The zero-order valence-corrected chi connectivity index (χ0v) is 26.1. The van der Waals surface area contributed by atoms with E-state index >= 15 is 0 Å². The van der Waals surface area contributed by atoms with Crippen LogP contribution in [-0.4, -0.2) is 68.7 Å². The molecule has 5 rings (SSSR count). The minimum Gasteiger partial charge on any atom is -0.468 e. The van der Waals surface area contributed by atoms with E-state index in [-0.39, 0.29) is 28.8 Å². The average Bonchev–Trinajstić information content (AvgIpc) is 3.35. The number of fused-ring (bicyclic) bond motifs is 1. The lowest BCUT2D eigenvalue weighted by atomic mass is 9.85. The number of benzene rings is 2. The molecule has 1 aliphatic heterocycles. The lowest BCUT2D eigenvalue weighted by molar-refractivity contribution is -0.147. The maximum Gasteiger partial charge on any atom is 0.293 e. The van der Waals surface area contributed by atoms with Gasteiger partial charge in [0.2, 0.25) is 15.9 Å². The summed E-state index contributed by atoms with van der Waals surface area (Å²) in [5.74, 6) is 0.452. The molecule has 1 atom stereocenters. The van der Waals surface area contributed by atoms with Crippen LogP contribution in [0.3, 0.4) is 0 Å². The molecule has 232 valence electrons. The summed E-state index contributed by atoms with van der Waals surface area (Å²) in [6.45, 7) is 6.90. The summed E-state index contributed by atoms with van der Waals surface area (Å²) in [7, 11) is -1.78. The molecule has 3 aromatic rings. The Hall–Kier alpha value is -3.21. The van der Waals surface area contributed by atoms with Gasteiger partial charge in [-0.3, -0.25) is 9.59 Å². The Kier molecular flexibility index (Phi) is 9.88. The molecule has 0 bridgehead atoms. The second-order valence-electron chi connectivity index (χ2n) is 12.2. The van der Waals surface area contributed by atoms with Gasteiger partial charge in [-0.1, -0.05) is 44.2 Å². The number of morpholine rings is 1. The van der Waals surface area contributed by atoms with Gasteiger partial charge in [0.25, 0.3) is 6.47 Å². The van der Waals surface area contributed by atoms with Crippen molar-refractivity contribution >= 4 is 33.3 Å². The van der Waals surface area contributed by atoms with Crippen LogP contribution in [0, 0.1) is 11.8 Å². The Balaban J connectivity index is 1.22. The third-order valence-corrected chi connectivity index (χ3v) is 10.5. The highest BCUT2D eigenvalue weighted by Gasteiger charge is 2.36. The monoisotopic (exact) mass is 609 g/mol. The molecule has 0 radical (unpaired) electrons. The maximum atomic E-state index is 13.4. The van der Waals surface area contributed by atoms with Crippen molar-refractivity contribution < 1.29 is 27.5 Å². The van der Waals surface area contributed by atoms with Gasteiger partial charge in [0.15, 0.2) is 0 Å². The first-order chi connectivity index (χ1) is 20.7. The number of hydrogen-bond acceptors (Lipinski definition) is 6. The SMILES string of the molecule is CC(C)[C@H]1COCCN1C(=O)[C@H]1CC[C@H](NS(=O)(=O)c2ccc3cc(-c4ccc(CCCOC=O)cc4)n(C)c3c2)CC1. The fraction of sp³-hybridized carbons (Fsp3) is 0.515. The number of sulfonamides is 1. The van der Waals surface area contributed by atoms with Crippen LogP contribution in [0.1, 0.15) is 51.5 Å². The summed E-state index contributed by atoms with van der Waals surface area (Å²) in [4.78, 5) is 25.9. The molecule has 10 heteroatoms. The molecule has 0 unspecified atom stereocenters. The number of nitrogens with zero attached hydrogens (tertiary/aromatic N) is 2. The molecule has 2 aromatic carbocycles. The first-order valence-corrected chi connectivity index (χ1v) is 16.8. The molecular weight excluding hydrogens is 566 g/mol. The molecule has 1 saturated carbocycles. The molecule has 1 aliphatic carbocycles. The van der Waals surface area contributed by atoms with Crippen LogP contribution in [0.2, 0.25) is 0 Å². The van der Waals surface area contributed by atoms with E-state index in [4.69, 9.17) is 9.47 Å². The molecule has 2 heterocycles. The second-order valence-corrected chi connectivity index (χ2v) is 13.9. The number of carbonyl (C=O) groups excluding carboxylic acids is 2. The highest BCUT2D eigenvalue weighted by molar-refractivity contribution is 7.89. The quantitative estimate of drug-likeness (QED) is 0.250. The van der Waals surface area contributed by atoms with E-state index in [1.54, 1.807) is 12.1 Å². The lowest BCUT2D eigenvalue weighted by Gasteiger charge is -2.41. The maximum absolute atomic E-state index is 13.4. The standard InChI is InChI=1S/C33H43N3O6S/c1-23(2)32-21-41-18-16-36(32)33(38)26-10-13-28(14-11-26)34-43(39,40)29-15-12-27-19-30(35(3)31(27)20-29)25-8-6-24(7-9-25)5-4-17-42-22-37/h6-9,12,15,19-20,22-23,26,28,32,34H,4-5,10-11,13-14,16-18,21H2,1-3H3/t26-,28-,32-/m1/s1. The van der Waals surface area contributed by atoms with Gasteiger partial charge in [-0.2, -0.15) is 0 Å². The van der Waals surface area contributed by atoms with Gasteiger partial charge in [0.1, 0.15) is 0 Å². The van der Waals surface area contributed by atoms with Crippen molar-refractivity contribution in [3.8, 4) is 11.3 Å². The zero-order chi connectivity index (χ0) is 30.6. The van der Waals surface area contributed by atoms with Crippen LogP contribution in [0.5, 0.6) is 0 Å². The minimum absolute atomic E-state index is 0.0659. The predicted octanol–water partition coefficient (Wildman–Crippen LogP) is 4.67. The topological polar surface area (TPSA) is 107 Å². The van der Waals surface area contributed by atoms with Crippen molar-refractivity contribution in [2.24, 2.45) is 18.9 Å². The number of rotatable bonds is 11. The molecule has 0 spiro atoms. The van der Waals surface area contributed by atoms with Crippen LogP contribution >= 0.6 is 0 Å². The molecule has 43 heavy (non-hydrogen) atoms. The Bertz CT molecular complexity index is 1520. The van der Waals surface area contributed by atoms with Gasteiger partial charge in [0.05, 0.1) is 30.8 Å². The summed E-state index contributed by atoms with van der Waals surface area (Å²) in [6.07, 6.45) is 4.23. The Morgan fingerprint density at radius 1 is 1.09 bits per heavy atom. The normalized spacial score (nSPS) is 21.3. The van der Waals surface area contributed by atoms with E-state index in [9.17, 15) is 18.0 Å². The van der Waals surface area contributed by atoms with E-state index in [0.29, 0.717) is 64.4 Å². The number of carbonyl (C=O) groups is 2. The average molecular weight is 610 g/mol. The Morgan fingerprint density at radius 3 is 2.53 bits per heavy atom. The number of aromatic nitrogens is 1. The molecule has 2 aliphatic rings. The van der Waals surface area contributed by atoms with Crippen molar-refractivity contribution in [1.82, 2.24) is 14.2 Å². The zero-order valence-electron chi connectivity index (χ0n) is 25.3. The highest BCUT2D eigenvalue weighted by atomic mass is 32.2. The molecule has 1 amide bonds. The van der Waals surface area contributed by atoms with Crippen molar-refractivity contribution in [1.29, 1.82) is 0 Å². The molecule has 1 saturated heterocycles. The van der Waals surface area contributed by atoms with Crippen molar-refractivity contribution in [2.45, 2.75) is 69.4 Å². The summed E-state index contributed by atoms with van der Waals surface area (Å²) < 4.78 is 42.2. The van der Waals surface area contributed by atoms with E-state index in [2.05, 4.69) is 48.9 Å². The van der Waals surface area contributed by atoms with Gasteiger partial charge in [0, 0.05) is 42.1 Å². The molecule has 1 aromatic heterocycles. The largest absolute Gasteiger partial charge is 0.468 e. The van der Waals surface area contributed by atoms with Crippen molar-refractivity contribution in [2.75, 3.05) is 26.4 Å². The van der Waals surface area contributed by atoms with Crippen LogP contribution in [-0.2, 0) is 42.6 Å². The summed E-state index contributed by atoms with van der Waals surface area (Å²) in [6, 6.07) is 15.5. The van der Waals surface area contributed by atoms with Crippen LogP contribution < -0.4 is 4.72 Å². The van der Waals surface area contributed by atoms with Crippen molar-refractivity contribution in [3.05, 3.63) is 54.1 Å². The predicted molar refractivity (Wildman–Crippen MR) is 166 cm³/mol. The number of nitrogens with one attached hydrogen (secondary N) is 1. The summed E-state index contributed by atoms with van der Waals surface area (Å²) in [5, 5.41) is 0.966. The number of amides is 1. The summed E-state index contributed by atoms with van der Waals surface area (Å²) >= 11 is 0. The van der Waals surface area contributed by atoms with E-state index in [1.807, 2.05) is 22.6 Å². The third-order valence-electron chi connectivity index (χ3n) is 8.99. The Labute approximate surface area is 254 Å². The second kappa shape index (κ2) is 13.6. The van der Waals surface area contributed by atoms with E-state index in [0.717, 1.165) is 40.6 Å². The number of hydrogen-bond donors (Lipinski definition) is 1. The van der Waals surface area contributed by atoms with E-state index < -0.39 is 10.0 Å². The van der Waals surface area contributed by atoms with Crippen molar-refractivity contribution in [3.63, 3.8) is 0 Å². The van der Waals surface area contributed by atoms with Gasteiger partial charge >= 0.3 is 0 Å². The van der Waals surface area contributed by atoms with Gasteiger partial charge in [-0.05, 0) is 73.8 Å². The first kappa shape index (κ1) is 31.2. The first-order valence-electron chi connectivity index (χ1n) is 15.3. The third kappa shape index (κ3) is 7.13. The molecular formula is C33H43N3O6S.